The molecule has 1 amide bonds. The molecule has 1 saturated heterocycles. The Hall–Kier alpha value is -0.750. The first-order chi connectivity index (χ1) is 9.65. The number of hydrogen-bond donors (Lipinski definition) is 1. The van der Waals surface area contributed by atoms with Crippen LogP contribution in [0.3, 0.4) is 0 Å². The second kappa shape index (κ2) is 7.88. The maximum Gasteiger partial charge on any atom is 0.313 e. The van der Waals surface area contributed by atoms with Crippen LogP contribution in [0.4, 0.5) is 0 Å². The summed E-state index contributed by atoms with van der Waals surface area (Å²) >= 11 is 1.17. The molecule has 1 aliphatic heterocycles. The standard InChI is InChI=1S/C14H23NO4S/c16-13(9-20-10-14(17)18)15-7-5-12(6-8-15)19-11-3-1-2-4-11/h11-12H,1-10H2,(H,17,18). The normalized spacial score (nSPS) is 21.3. The van der Waals surface area contributed by atoms with Crippen LogP contribution in [0.25, 0.3) is 0 Å². The molecule has 6 heteroatoms. The number of carbonyl (C=O) groups excluding carboxylic acids is 1. The predicted octanol–water partition coefficient (Wildman–Crippen LogP) is 1.75. The Morgan fingerprint density at radius 2 is 1.65 bits per heavy atom. The van der Waals surface area contributed by atoms with E-state index in [0.717, 1.165) is 25.9 Å². The summed E-state index contributed by atoms with van der Waals surface area (Å²) in [7, 11) is 0. The number of nitrogens with zero attached hydrogens (tertiary/aromatic N) is 1. The highest BCUT2D eigenvalue weighted by Crippen LogP contribution is 2.25. The summed E-state index contributed by atoms with van der Waals surface area (Å²) in [4.78, 5) is 24.1. The number of ether oxygens (including phenoxy) is 1. The lowest BCUT2D eigenvalue weighted by Crippen LogP contribution is -2.42. The summed E-state index contributed by atoms with van der Waals surface area (Å²) in [5, 5.41) is 8.54. The number of carboxylic acid groups (broad SMARTS) is 1. The minimum absolute atomic E-state index is 0.00695. The molecule has 2 rings (SSSR count). The number of hydrogen-bond acceptors (Lipinski definition) is 4. The van der Waals surface area contributed by atoms with E-state index in [1.165, 1.54) is 37.4 Å². The van der Waals surface area contributed by atoms with Gasteiger partial charge in [-0.2, -0.15) is 0 Å². The molecule has 1 aliphatic carbocycles. The molecule has 0 aromatic carbocycles. The van der Waals surface area contributed by atoms with Gasteiger partial charge < -0.3 is 14.7 Å². The lowest BCUT2D eigenvalue weighted by Gasteiger charge is -2.33. The van der Waals surface area contributed by atoms with E-state index in [2.05, 4.69) is 0 Å². The van der Waals surface area contributed by atoms with Gasteiger partial charge >= 0.3 is 5.97 Å². The molecule has 20 heavy (non-hydrogen) atoms. The summed E-state index contributed by atoms with van der Waals surface area (Å²) in [6.07, 6.45) is 7.49. The average molecular weight is 301 g/mol. The first kappa shape index (κ1) is 15.6. The van der Waals surface area contributed by atoms with E-state index >= 15 is 0 Å². The van der Waals surface area contributed by atoms with Gasteiger partial charge in [0.25, 0.3) is 0 Å². The van der Waals surface area contributed by atoms with Gasteiger partial charge in [0.1, 0.15) is 0 Å². The number of carbonyl (C=O) groups is 2. The van der Waals surface area contributed by atoms with Crippen LogP contribution in [0.2, 0.25) is 0 Å². The molecule has 114 valence electrons. The zero-order valence-electron chi connectivity index (χ0n) is 11.8. The largest absolute Gasteiger partial charge is 0.481 e. The van der Waals surface area contributed by atoms with Crippen molar-refractivity contribution in [3.63, 3.8) is 0 Å². The average Bonchev–Trinajstić information content (AvgIpc) is 2.92. The van der Waals surface area contributed by atoms with Gasteiger partial charge in [-0.1, -0.05) is 12.8 Å². The predicted molar refractivity (Wildman–Crippen MR) is 77.9 cm³/mol. The molecule has 5 nitrogen and oxygen atoms in total. The molecule has 2 aliphatic rings. The highest BCUT2D eigenvalue weighted by molar-refractivity contribution is 8.00. The van der Waals surface area contributed by atoms with Crippen LogP contribution in [0.1, 0.15) is 38.5 Å². The number of aliphatic carboxylic acids is 1. The molecule has 1 saturated carbocycles. The Kier molecular flexibility index (Phi) is 6.16. The van der Waals surface area contributed by atoms with Crippen molar-refractivity contribution in [2.45, 2.75) is 50.7 Å². The third-order valence-electron chi connectivity index (χ3n) is 3.93. The summed E-state index contributed by atoms with van der Waals surface area (Å²) in [5.74, 6) is -0.560. The van der Waals surface area contributed by atoms with E-state index in [1.807, 2.05) is 4.90 Å². The first-order valence-electron chi connectivity index (χ1n) is 7.38. The van der Waals surface area contributed by atoms with Gasteiger partial charge in [0.2, 0.25) is 5.91 Å². The molecule has 0 unspecified atom stereocenters. The summed E-state index contributed by atoms with van der Waals surface area (Å²) in [6, 6.07) is 0. The fourth-order valence-electron chi connectivity index (χ4n) is 2.85. The van der Waals surface area contributed by atoms with Crippen molar-refractivity contribution in [2.75, 3.05) is 24.6 Å². The monoisotopic (exact) mass is 301 g/mol. The fourth-order valence-corrected chi connectivity index (χ4v) is 3.49. The Bertz CT molecular complexity index is 336. The number of piperidine rings is 1. The highest BCUT2D eigenvalue weighted by Gasteiger charge is 2.26. The molecule has 0 aromatic rings. The number of carboxylic acids is 1. The number of thioether (sulfide) groups is 1. The molecule has 0 bridgehead atoms. The van der Waals surface area contributed by atoms with Crippen LogP contribution in [-0.4, -0.2) is 58.7 Å². The fraction of sp³-hybridized carbons (Fsp3) is 0.857. The van der Waals surface area contributed by atoms with Gasteiger partial charge in [0.05, 0.1) is 23.7 Å². The van der Waals surface area contributed by atoms with Gasteiger partial charge in [-0.3, -0.25) is 9.59 Å². The van der Waals surface area contributed by atoms with Crippen molar-refractivity contribution in [3.05, 3.63) is 0 Å². The highest BCUT2D eigenvalue weighted by atomic mass is 32.2. The van der Waals surface area contributed by atoms with Gasteiger partial charge in [-0.05, 0) is 25.7 Å². The molecular formula is C14H23NO4S. The molecule has 1 N–H and O–H groups in total. The van der Waals surface area contributed by atoms with Crippen LogP contribution >= 0.6 is 11.8 Å². The molecule has 0 atom stereocenters. The number of amides is 1. The lowest BCUT2D eigenvalue weighted by molar-refractivity contribution is -0.134. The second-order valence-corrected chi connectivity index (χ2v) is 6.49. The topological polar surface area (TPSA) is 66.8 Å². The van der Waals surface area contributed by atoms with Gasteiger partial charge in [-0.15, -0.1) is 11.8 Å². The Balaban J connectivity index is 1.62. The van der Waals surface area contributed by atoms with Crippen molar-refractivity contribution < 1.29 is 19.4 Å². The molecule has 2 fully saturated rings. The summed E-state index contributed by atoms with van der Waals surface area (Å²) < 4.78 is 6.07. The maximum absolute atomic E-state index is 11.9. The lowest BCUT2D eigenvalue weighted by atomic mass is 10.1. The van der Waals surface area contributed by atoms with Crippen molar-refractivity contribution in [2.24, 2.45) is 0 Å². The van der Waals surface area contributed by atoms with E-state index in [-0.39, 0.29) is 17.4 Å². The van der Waals surface area contributed by atoms with Crippen molar-refractivity contribution in [1.29, 1.82) is 0 Å². The Morgan fingerprint density at radius 1 is 1.05 bits per heavy atom. The number of likely N-dealkylation sites (tertiary alicyclic amines) is 1. The molecule has 0 radical (unpaired) electrons. The Morgan fingerprint density at radius 3 is 2.25 bits per heavy atom. The van der Waals surface area contributed by atoms with Crippen LogP contribution in [-0.2, 0) is 14.3 Å². The molecular weight excluding hydrogens is 278 g/mol. The quantitative estimate of drug-likeness (QED) is 0.809. The van der Waals surface area contributed by atoms with E-state index in [9.17, 15) is 9.59 Å². The molecule has 0 spiro atoms. The van der Waals surface area contributed by atoms with Gasteiger partial charge in [0, 0.05) is 13.1 Å². The Labute approximate surface area is 124 Å². The zero-order chi connectivity index (χ0) is 14.4. The van der Waals surface area contributed by atoms with Crippen LogP contribution in [0, 0.1) is 0 Å². The summed E-state index contributed by atoms with van der Waals surface area (Å²) in [6.45, 7) is 1.48. The van der Waals surface area contributed by atoms with E-state index in [1.54, 1.807) is 0 Å². The SMILES string of the molecule is O=C(O)CSCC(=O)N1CCC(OC2CCCC2)CC1. The maximum atomic E-state index is 11.9. The van der Waals surface area contributed by atoms with Crippen LogP contribution in [0.5, 0.6) is 0 Å². The first-order valence-corrected chi connectivity index (χ1v) is 8.53. The van der Waals surface area contributed by atoms with Crippen LogP contribution < -0.4 is 0 Å². The minimum atomic E-state index is -0.869. The van der Waals surface area contributed by atoms with Crippen molar-refractivity contribution in [1.82, 2.24) is 4.90 Å². The van der Waals surface area contributed by atoms with Crippen LogP contribution in [0.15, 0.2) is 0 Å². The van der Waals surface area contributed by atoms with Crippen molar-refractivity contribution >= 4 is 23.6 Å². The third-order valence-corrected chi connectivity index (χ3v) is 4.84. The number of rotatable bonds is 6. The molecule has 1 heterocycles. The summed E-state index contributed by atoms with van der Waals surface area (Å²) in [5.41, 5.74) is 0. The third kappa shape index (κ3) is 4.98. The van der Waals surface area contributed by atoms with Gasteiger partial charge in [0.15, 0.2) is 0 Å². The van der Waals surface area contributed by atoms with E-state index in [0.29, 0.717) is 12.2 Å². The smallest absolute Gasteiger partial charge is 0.313 e. The van der Waals surface area contributed by atoms with E-state index < -0.39 is 5.97 Å². The van der Waals surface area contributed by atoms with Gasteiger partial charge in [-0.25, -0.2) is 0 Å². The second-order valence-electron chi connectivity index (χ2n) is 5.51. The molecule has 0 aromatic heterocycles. The van der Waals surface area contributed by atoms with Crippen molar-refractivity contribution in [3.8, 4) is 0 Å². The van der Waals surface area contributed by atoms with E-state index in [4.69, 9.17) is 9.84 Å². The minimum Gasteiger partial charge on any atom is -0.481 e. The zero-order valence-corrected chi connectivity index (χ0v) is 12.6.